The predicted octanol–water partition coefficient (Wildman–Crippen LogP) is 15.3. The third-order valence-corrected chi connectivity index (χ3v) is 16.9. The monoisotopic (exact) mass is 888 g/mol. The minimum Gasteiger partial charge on any atom is -0.317 e. The van der Waals surface area contributed by atoms with Gasteiger partial charge in [-0.3, -0.25) is 0 Å². The molecule has 0 radical (unpaired) electrons. The quantitative estimate of drug-likeness (QED) is 0.169. The van der Waals surface area contributed by atoms with Crippen LogP contribution < -0.4 is 0 Å². The Balaban J connectivity index is 1.08. The van der Waals surface area contributed by atoms with Crippen molar-refractivity contribution in [1.29, 1.82) is 0 Å². The minimum absolute atomic E-state index is 0.238. The van der Waals surface area contributed by atoms with Crippen LogP contribution in [-0.4, -0.2) is 27.4 Å². The van der Waals surface area contributed by atoms with Gasteiger partial charge < -0.3 is 27.4 Å². The molecule has 6 heteroatoms. The lowest BCUT2D eigenvalue weighted by Gasteiger charge is -2.23. The first-order valence-corrected chi connectivity index (χ1v) is 24.4. The Hall–Kier alpha value is -8.22. The number of fused-ring (bicyclic) bond motifs is 21. The van der Waals surface area contributed by atoms with Gasteiger partial charge in [0.15, 0.2) is 0 Å². The molecule has 69 heavy (non-hydrogen) atoms. The van der Waals surface area contributed by atoms with Crippen molar-refractivity contribution in [3.05, 3.63) is 216 Å². The predicted molar refractivity (Wildman–Crippen MR) is 284 cm³/mol. The number of para-hydroxylation sites is 6. The zero-order valence-corrected chi connectivity index (χ0v) is 39.5. The van der Waals surface area contributed by atoms with Crippen molar-refractivity contribution in [2.75, 3.05) is 0 Å². The average Bonchev–Trinajstić information content (AvgIpc) is 4.25. The molecule has 0 saturated heterocycles. The molecule has 0 atom stereocenters. The Morgan fingerprint density at radius 3 is 0.855 bits per heavy atom. The molecule has 0 aliphatic carbocycles. The lowest BCUT2D eigenvalue weighted by molar-refractivity contribution is 0.646. The first-order valence-electron chi connectivity index (χ1n) is 24.4. The highest BCUT2D eigenvalue weighted by atomic mass is 15.1. The Morgan fingerprint density at radius 2 is 0.551 bits per heavy atom. The number of benzene rings is 7. The van der Waals surface area contributed by atoms with E-state index in [9.17, 15) is 0 Å². The standard InChI is InChI=1S/C63H48N6/c1-61(2)46-22-10-16-28-52(46)64-34-43-40-19-7-13-25-49(40)67(55(43)58(61)64)37-31-38(68-50-26-14-8-20-41(50)44-35-65-53-29-17-11-23-47(53)62(3,4)59(65)56(44)68)33-39(32-37)69-51-27-15-9-21-42(51)45-36-66-54-30-18-12-24-48(54)63(5,6)60(66)57(45)69/h7-36H,1-6H3. The van der Waals surface area contributed by atoms with Crippen LogP contribution in [0.25, 0.3) is 99.5 Å². The molecule has 6 aromatic heterocycles. The topological polar surface area (TPSA) is 29.6 Å². The van der Waals surface area contributed by atoms with E-state index in [2.05, 4.69) is 251 Å². The van der Waals surface area contributed by atoms with Gasteiger partial charge in [-0.15, -0.1) is 0 Å². The molecule has 0 saturated carbocycles. The number of rotatable bonds is 3. The largest absolute Gasteiger partial charge is 0.317 e. The molecule has 9 heterocycles. The fraction of sp³-hybridized carbons (Fsp3) is 0.143. The summed E-state index contributed by atoms with van der Waals surface area (Å²) in [6, 6.07) is 61.5. The fourth-order valence-corrected chi connectivity index (χ4v) is 14.0. The lowest BCUT2D eigenvalue weighted by atomic mass is 9.83. The maximum Gasteiger partial charge on any atom is 0.0763 e. The van der Waals surface area contributed by atoms with Crippen LogP contribution in [0.5, 0.6) is 0 Å². The summed E-state index contributed by atoms with van der Waals surface area (Å²) in [4.78, 5) is 0. The Labute approximate surface area is 399 Å². The second-order valence-electron chi connectivity index (χ2n) is 21.5. The van der Waals surface area contributed by atoms with E-state index >= 15 is 0 Å². The Morgan fingerprint density at radius 1 is 0.290 bits per heavy atom. The summed E-state index contributed by atoms with van der Waals surface area (Å²) in [6.45, 7) is 14.4. The zero-order chi connectivity index (χ0) is 46.0. The second-order valence-corrected chi connectivity index (χ2v) is 21.5. The van der Waals surface area contributed by atoms with Crippen molar-refractivity contribution < 1.29 is 0 Å². The Bertz CT molecular complexity index is 4000. The van der Waals surface area contributed by atoms with E-state index in [1.54, 1.807) is 0 Å². The van der Waals surface area contributed by atoms with Gasteiger partial charge in [-0.2, -0.15) is 0 Å². The van der Waals surface area contributed by atoms with Gasteiger partial charge in [0, 0.05) is 84.2 Å². The van der Waals surface area contributed by atoms with Crippen molar-refractivity contribution >= 4 is 65.4 Å². The van der Waals surface area contributed by atoms with Crippen LogP contribution >= 0.6 is 0 Å². The van der Waals surface area contributed by atoms with Crippen molar-refractivity contribution in [3.8, 4) is 34.1 Å². The van der Waals surface area contributed by atoms with Gasteiger partial charge in [-0.1, -0.05) is 151 Å². The second kappa shape index (κ2) is 12.3. The van der Waals surface area contributed by atoms with Gasteiger partial charge in [0.25, 0.3) is 0 Å². The number of hydrogen-bond acceptors (Lipinski definition) is 0. The zero-order valence-electron chi connectivity index (χ0n) is 39.5. The first kappa shape index (κ1) is 37.8. The summed E-state index contributed by atoms with van der Waals surface area (Å²) >= 11 is 0. The SMILES string of the molecule is CC1(C)c2ccccc2-n2cc3c4ccccc4n(-c4cc(-n5c6ccccc6c6cn7c(c65)C(C)(C)c5ccccc5-7)cc(-n5c6ccccc6c6cn7c(c65)C(C)(C)c5ccccc5-7)c4)c3c21. The molecule has 3 aliphatic rings. The molecule has 13 aromatic rings. The van der Waals surface area contributed by atoms with E-state index < -0.39 is 0 Å². The van der Waals surface area contributed by atoms with Gasteiger partial charge >= 0.3 is 0 Å². The van der Waals surface area contributed by atoms with Crippen LogP contribution in [0, 0.1) is 0 Å². The number of hydrogen-bond donors (Lipinski definition) is 0. The van der Waals surface area contributed by atoms with Crippen molar-refractivity contribution in [3.63, 3.8) is 0 Å². The normalized spacial score (nSPS) is 15.7. The van der Waals surface area contributed by atoms with Crippen LogP contribution in [0.15, 0.2) is 182 Å². The molecule has 0 bridgehead atoms. The van der Waals surface area contributed by atoms with E-state index in [1.807, 2.05) is 0 Å². The van der Waals surface area contributed by atoms with E-state index in [0.717, 1.165) is 17.1 Å². The summed E-state index contributed by atoms with van der Waals surface area (Å²) < 4.78 is 15.2. The summed E-state index contributed by atoms with van der Waals surface area (Å²) in [7, 11) is 0. The summed E-state index contributed by atoms with van der Waals surface area (Å²) in [6.07, 6.45) is 7.22. The third kappa shape index (κ3) is 4.37. The fourth-order valence-electron chi connectivity index (χ4n) is 14.0. The van der Waals surface area contributed by atoms with Crippen molar-refractivity contribution in [2.24, 2.45) is 0 Å². The van der Waals surface area contributed by atoms with E-state index in [-0.39, 0.29) is 16.2 Å². The summed E-state index contributed by atoms with van der Waals surface area (Å²) in [5.41, 5.74) is 21.9. The maximum absolute atomic E-state index is 2.59. The average molecular weight is 889 g/mol. The number of nitrogens with zero attached hydrogens (tertiary/aromatic N) is 6. The molecular weight excluding hydrogens is 841 g/mol. The summed E-state index contributed by atoms with van der Waals surface area (Å²) in [5, 5.41) is 7.58. The van der Waals surface area contributed by atoms with Crippen LogP contribution in [0.3, 0.4) is 0 Å². The first-order chi connectivity index (χ1) is 33.5. The molecule has 0 unspecified atom stereocenters. The van der Waals surface area contributed by atoms with E-state index in [0.29, 0.717) is 0 Å². The molecule has 7 aromatic carbocycles. The lowest BCUT2D eigenvalue weighted by Crippen LogP contribution is -2.17. The highest BCUT2D eigenvalue weighted by molar-refractivity contribution is 6.14. The smallest absolute Gasteiger partial charge is 0.0763 e. The Kier molecular flexibility index (Phi) is 6.72. The van der Waals surface area contributed by atoms with Gasteiger partial charge in [-0.25, -0.2) is 0 Å². The highest BCUT2D eigenvalue weighted by Gasteiger charge is 2.43. The molecule has 16 rings (SSSR count). The minimum atomic E-state index is -0.238. The molecule has 0 spiro atoms. The van der Waals surface area contributed by atoms with Crippen LogP contribution in [-0.2, 0) is 16.2 Å². The number of aromatic nitrogens is 6. The van der Waals surface area contributed by atoms with Gasteiger partial charge in [-0.05, 0) is 71.3 Å². The van der Waals surface area contributed by atoms with Crippen LogP contribution in [0.1, 0.15) is 75.3 Å². The van der Waals surface area contributed by atoms with Gasteiger partial charge in [0.2, 0.25) is 0 Å². The van der Waals surface area contributed by atoms with E-state index in [4.69, 9.17) is 0 Å². The summed E-state index contributed by atoms with van der Waals surface area (Å²) in [5.74, 6) is 0. The molecule has 3 aliphatic heterocycles. The van der Waals surface area contributed by atoms with E-state index in [1.165, 1.54) is 116 Å². The highest BCUT2D eigenvalue weighted by Crippen LogP contribution is 2.53. The molecule has 0 amide bonds. The molecular formula is C63H48N6. The van der Waals surface area contributed by atoms with Gasteiger partial charge in [0.05, 0.1) is 67.2 Å². The molecule has 6 nitrogen and oxygen atoms in total. The maximum atomic E-state index is 2.59. The third-order valence-electron chi connectivity index (χ3n) is 16.9. The van der Waals surface area contributed by atoms with Crippen LogP contribution in [0.2, 0.25) is 0 Å². The van der Waals surface area contributed by atoms with Crippen LogP contribution in [0.4, 0.5) is 0 Å². The molecule has 0 fully saturated rings. The van der Waals surface area contributed by atoms with Gasteiger partial charge in [0.1, 0.15) is 0 Å². The molecule has 330 valence electrons. The van der Waals surface area contributed by atoms with Crippen molar-refractivity contribution in [1.82, 2.24) is 27.4 Å². The van der Waals surface area contributed by atoms with Crippen molar-refractivity contribution in [2.45, 2.75) is 57.8 Å². The molecule has 0 N–H and O–H groups in total.